The van der Waals surface area contributed by atoms with Gasteiger partial charge < -0.3 is 19.1 Å². The summed E-state index contributed by atoms with van der Waals surface area (Å²) in [5.74, 6) is 0.834. The highest BCUT2D eigenvalue weighted by molar-refractivity contribution is 5.98. The number of amides is 2. The van der Waals surface area contributed by atoms with Crippen LogP contribution in [0, 0.1) is 0 Å². The van der Waals surface area contributed by atoms with Gasteiger partial charge in [0.1, 0.15) is 6.04 Å². The number of likely N-dealkylation sites (N-methyl/N-ethyl adjacent to an activating group) is 1. The lowest BCUT2D eigenvalue weighted by Crippen LogP contribution is -2.34. The van der Waals surface area contributed by atoms with E-state index in [2.05, 4.69) is 29.4 Å². The van der Waals surface area contributed by atoms with Crippen molar-refractivity contribution >= 4 is 11.8 Å². The zero-order chi connectivity index (χ0) is 31.1. The molecular weight excluding hydrogens is 552 g/mol. The Labute approximate surface area is 260 Å². The summed E-state index contributed by atoms with van der Waals surface area (Å²) >= 11 is 0. The molecule has 0 N–H and O–H groups in total. The highest BCUT2D eigenvalue weighted by atomic mass is 16.5. The minimum absolute atomic E-state index is 0.0803. The van der Waals surface area contributed by atoms with E-state index in [0.29, 0.717) is 48.8 Å². The molecule has 8 nitrogen and oxygen atoms in total. The fourth-order valence-electron chi connectivity index (χ4n) is 5.63. The average molecular weight is 595 g/mol. The fourth-order valence-corrected chi connectivity index (χ4v) is 5.63. The van der Waals surface area contributed by atoms with Gasteiger partial charge in [0.2, 0.25) is 5.89 Å². The molecule has 1 aliphatic heterocycles. The molecule has 0 spiro atoms. The second-order valence-electron chi connectivity index (χ2n) is 12.5. The third-order valence-corrected chi connectivity index (χ3v) is 7.83. The van der Waals surface area contributed by atoms with E-state index in [0.717, 1.165) is 19.3 Å². The van der Waals surface area contributed by atoms with Crippen molar-refractivity contribution in [2.45, 2.75) is 70.6 Å². The van der Waals surface area contributed by atoms with E-state index in [1.807, 2.05) is 57.2 Å². The Morgan fingerprint density at radius 2 is 1.50 bits per heavy atom. The Hall–Kier alpha value is -4.30. The van der Waals surface area contributed by atoms with Gasteiger partial charge >= 0.3 is 0 Å². The summed E-state index contributed by atoms with van der Waals surface area (Å²) in [5, 5.41) is 4.23. The molecular formula is C36H42N4O4. The van der Waals surface area contributed by atoms with E-state index in [4.69, 9.17) is 14.2 Å². The van der Waals surface area contributed by atoms with Crippen molar-refractivity contribution in [2.75, 3.05) is 20.1 Å². The molecule has 1 fully saturated rings. The molecule has 8 heteroatoms. The molecule has 0 aliphatic carbocycles. The zero-order valence-corrected chi connectivity index (χ0v) is 26.1. The van der Waals surface area contributed by atoms with Gasteiger partial charge in [0.05, 0.1) is 11.7 Å². The van der Waals surface area contributed by atoms with Crippen LogP contribution in [0.15, 0.2) is 89.5 Å². The topological polar surface area (TPSA) is 88.8 Å². The molecule has 44 heavy (non-hydrogen) atoms. The van der Waals surface area contributed by atoms with Gasteiger partial charge in [-0.2, -0.15) is 4.98 Å². The van der Waals surface area contributed by atoms with Crippen LogP contribution in [-0.4, -0.2) is 63.6 Å². The highest BCUT2D eigenvalue weighted by Gasteiger charge is 2.41. The summed E-state index contributed by atoms with van der Waals surface area (Å²) in [5.41, 5.74) is 3.14. The number of aromatic nitrogens is 2. The van der Waals surface area contributed by atoms with Gasteiger partial charge in [0.25, 0.3) is 11.8 Å². The largest absolute Gasteiger partial charge is 0.371 e. The van der Waals surface area contributed by atoms with Crippen molar-refractivity contribution in [2.24, 2.45) is 0 Å². The smallest absolute Gasteiger partial charge is 0.254 e. The predicted molar refractivity (Wildman–Crippen MR) is 169 cm³/mol. The Morgan fingerprint density at radius 1 is 0.886 bits per heavy atom. The number of hydrogen-bond donors (Lipinski definition) is 0. The molecule has 0 bridgehead atoms. The van der Waals surface area contributed by atoms with Gasteiger partial charge in [0, 0.05) is 44.1 Å². The van der Waals surface area contributed by atoms with Crippen LogP contribution in [-0.2, 0) is 24.0 Å². The predicted octanol–water partition coefficient (Wildman–Crippen LogP) is 6.33. The van der Waals surface area contributed by atoms with Crippen molar-refractivity contribution in [1.82, 2.24) is 19.9 Å². The molecule has 0 unspecified atom stereocenters. The van der Waals surface area contributed by atoms with Crippen LogP contribution in [0.4, 0.5) is 0 Å². The first-order valence-electron chi connectivity index (χ1n) is 15.4. The lowest BCUT2D eigenvalue weighted by atomic mass is 10.1. The van der Waals surface area contributed by atoms with Crippen LogP contribution >= 0.6 is 0 Å². The van der Waals surface area contributed by atoms with Crippen LogP contribution in [0.3, 0.4) is 0 Å². The summed E-state index contributed by atoms with van der Waals surface area (Å²) in [4.78, 5) is 35.1. The molecule has 230 valence electrons. The standard InChI is InChI=1S/C36H42N4O4/c1-36(2,3)43-30-24-31(33-37-32(38-44-33)17-11-16-26-12-7-5-8-13-26)40(25-30)35(42)29-20-18-28(19-21-29)34(41)39(4)23-22-27-14-9-6-10-15-27/h5-10,12-15,18-21,30-31H,11,16-17,22-25H2,1-4H3/t30-,31-/m1/s1. The maximum Gasteiger partial charge on any atom is 0.254 e. The molecule has 5 rings (SSSR count). The zero-order valence-electron chi connectivity index (χ0n) is 26.1. The number of nitrogens with zero attached hydrogens (tertiary/aromatic N) is 4. The van der Waals surface area contributed by atoms with Crippen LogP contribution < -0.4 is 0 Å². The van der Waals surface area contributed by atoms with Crippen molar-refractivity contribution < 1.29 is 18.8 Å². The van der Waals surface area contributed by atoms with Gasteiger partial charge in [-0.05, 0) is 75.4 Å². The lowest BCUT2D eigenvalue weighted by Gasteiger charge is -2.25. The number of likely N-dealkylation sites (tertiary alicyclic amines) is 1. The molecule has 2 atom stereocenters. The van der Waals surface area contributed by atoms with Crippen molar-refractivity contribution in [3.63, 3.8) is 0 Å². The average Bonchev–Trinajstić information content (AvgIpc) is 3.66. The van der Waals surface area contributed by atoms with E-state index < -0.39 is 6.04 Å². The summed E-state index contributed by atoms with van der Waals surface area (Å²) in [6, 6.07) is 26.9. The SMILES string of the molecule is CN(CCc1ccccc1)C(=O)c1ccc(C(=O)N2C[C@H](OC(C)(C)C)C[C@@H]2c2nc(CCCc3ccccc3)no2)cc1. The van der Waals surface area contributed by atoms with E-state index >= 15 is 0 Å². The number of carbonyl (C=O) groups excluding carboxylic acids is 2. The van der Waals surface area contributed by atoms with E-state index in [9.17, 15) is 9.59 Å². The number of benzene rings is 3. The number of carbonyl (C=O) groups is 2. The maximum atomic E-state index is 13.8. The Morgan fingerprint density at radius 3 is 2.14 bits per heavy atom. The van der Waals surface area contributed by atoms with Gasteiger partial charge in [-0.15, -0.1) is 0 Å². The van der Waals surface area contributed by atoms with Crippen LogP contribution in [0.5, 0.6) is 0 Å². The normalized spacial score (nSPS) is 16.7. The third kappa shape index (κ3) is 8.20. The summed E-state index contributed by atoms with van der Waals surface area (Å²) in [6.07, 6.45) is 3.70. The Kier molecular flexibility index (Phi) is 9.90. The van der Waals surface area contributed by atoms with Gasteiger partial charge in [-0.1, -0.05) is 65.8 Å². The first-order chi connectivity index (χ1) is 21.2. The van der Waals surface area contributed by atoms with E-state index in [1.54, 1.807) is 41.1 Å². The second-order valence-corrected chi connectivity index (χ2v) is 12.5. The first-order valence-corrected chi connectivity index (χ1v) is 15.4. The quantitative estimate of drug-likeness (QED) is 0.202. The maximum absolute atomic E-state index is 13.8. The second kappa shape index (κ2) is 14.0. The number of rotatable bonds is 11. The minimum Gasteiger partial charge on any atom is -0.371 e. The van der Waals surface area contributed by atoms with E-state index in [-0.39, 0.29) is 23.5 Å². The summed E-state index contributed by atoms with van der Waals surface area (Å²) in [7, 11) is 1.80. The van der Waals surface area contributed by atoms with Crippen molar-refractivity contribution in [3.8, 4) is 0 Å². The van der Waals surface area contributed by atoms with Crippen LogP contribution in [0.25, 0.3) is 0 Å². The molecule has 0 saturated carbocycles. The molecule has 1 aromatic heterocycles. The molecule has 1 aliphatic rings. The third-order valence-electron chi connectivity index (χ3n) is 7.83. The molecule has 1 saturated heterocycles. The monoisotopic (exact) mass is 594 g/mol. The van der Waals surface area contributed by atoms with Crippen LogP contribution in [0.1, 0.15) is 83.2 Å². The van der Waals surface area contributed by atoms with Crippen LogP contribution in [0.2, 0.25) is 0 Å². The molecule has 2 amide bonds. The number of ether oxygens (including phenoxy) is 1. The Balaban J connectivity index is 1.25. The molecule has 3 aromatic carbocycles. The highest BCUT2D eigenvalue weighted by Crippen LogP contribution is 2.35. The van der Waals surface area contributed by atoms with Crippen molar-refractivity contribution in [3.05, 3.63) is 119 Å². The fraction of sp³-hybridized carbons (Fsp3) is 0.389. The first kappa shape index (κ1) is 31.1. The van der Waals surface area contributed by atoms with Crippen molar-refractivity contribution in [1.29, 1.82) is 0 Å². The minimum atomic E-state index is -0.393. The summed E-state index contributed by atoms with van der Waals surface area (Å²) < 4.78 is 12.0. The van der Waals surface area contributed by atoms with E-state index in [1.165, 1.54) is 11.1 Å². The van der Waals surface area contributed by atoms with Gasteiger partial charge in [0.15, 0.2) is 5.82 Å². The molecule has 2 heterocycles. The lowest BCUT2D eigenvalue weighted by molar-refractivity contribution is -0.0535. The Bertz CT molecular complexity index is 1510. The van der Waals surface area contributed by atoms with Gasteiger partial charge in [-0.25, -0.2) is 0 Å². The molecule has 0 radical (unpaired) electrons. The summed E-state index contributed by atoms with van der Waals surface area (Å²) in [6.45, 7) is 7.05. The molecule has 4 aromatic rings. The number of hydrogen-bond acceptors (Lipinski definition) is 6. The van der Waals surface area contributed by atoms with Gasteiger partial charge in [-0.3, -0.25) is 9.59 Å². The number of aryl methyl sites for hydroxylation is 2.